The highest BCUT2D eigenvalue weighted by molar-refractivity contribution is 5.85. The smallest absolute Gasteiger partial charge is 0.0483 e. The van der Waals surface area contributed by atoms with Crippen LogP contribution in [-0.2, 0) is 12.5 Å². The molecule has 1 aromatic heterocycles. The predicted molar refractivity (Wildman–Crippen MR) is 69.7 cm³/mol. The van der Waals surface area contributed by atoms with Gasteiger partial charge in [-0.3, -0.25) is 0 Å². The van der Waals surface area contributed by atoms with Crippen LogP contribution < -0.4 is 5.73 Å². The highest BCUT2D eigenvalue weighted by atomic mass is 14.9. The first-order valence-corrected chi connectivity index (χ1v) is 5.72. The van der Waals surface area contributed by atoms with Crippen LogP contribution in [0.5, 0.6) is 0 Å². The van der Waals surface area contributed by atoms with Gasteiger partial charge in [0.1, 0.15) is 0 Å². The van der Waals surface area contributed by atoms with E-state index >= 15 is 0 Å². The Bertz CT molecular complexity index is 521. The van der Waals surface area contributed by atoms with Gasteiger partial charge >= 0.3 is 0 Å². The molecule has 0 aliphatic rings. The Kier molecular flexibility index (Phi) is 2.55. The van der Waals surface area contributed by atoms with E-state index in [0.29, 0.717) is 6.54 Å². The minimum atomic E-state index is 0.0365. The van der Waals surface area contributed by atoms with Crippen LogP contribution >= 0.6 is 0 Å². The largest absolute Gasteiger partial charge is 0.350 e. The molecule has 0 radical (unpaired) electrons. The zero-order valence-corrected chi connectivity index (χ0v) is 10.5. The van der Waals surface area contributed by atoms with Gasteiger partial charge in [-0.2, -0.15) is 0 Å². The first kappa shape index (κ1) is 11.2. The minimum absolute atomic E-state index is 0.0365. The third-order valence-electron chi connectivity index (χ3n) is 3.39. The molecule has 1 aromatic carbocycles. The molecular formula is C14H20N2. The second-order valence-electron chi connectivity index (χ2n) is 5.26. The number of nitrogens with zero attached hydrogens (tertiary/aromatic N) is 1. The third-order valence-corrected chi connectivity index (χ3v) is 3.39. The summed E-state index contributed by atoms with van der Waals surface area (Å²) < 4.78 is 2.19. The summed E-state index contributed by atoms with van der Waals surface area (Å²) in [5.41, 5.74) is 9.82. The number of aryl methyl sites for hydroxylation is 2. The Labute approximate surface area is 97.1 Å². The first-order valence-electron chi connectivity index (χ1n) is 5.72. The van der Waals surface area contributed by atoms with E-state index in [-0.39, 0.29) is 5.41 Å². The number of benzene rings is 1. The second-order valence-corrected chi connectivity index (χ2v) is 5.26. The SMILES string of the molecule is Cc1ccc2c(C(C)(C)CN)cn(C)c2c1. The highest BCUT2D eigenvalue weighted by Crippen LogP contribution is 2.31. The minimum Gasteiger partial charge on any atom is -0.350 e. The summed E-state index contributed by atoms with van der Waals surface area (Å²) in [6.07, 6.45) is 2.21. The van der Waals surface area contributed by atoms with Crippen molar-refractivity contribution in [2.24, 2.45) is 12.8 Å². The lowest BCUT2D eigenvalue weighted by Gasteiger charge is -2.21. The molecule has 1 heterocycles. The van der Waals surface area contributed by atoms with Gasteiger partial charge < -0.3 is 10.3 Å². The number of rotatable bonds is 2. The standard InChI is InChI=1S/C14H20N2/c1-10-5-6-11-12(14(2,3)9-15)8-16(4)13(11)7-10/h5-8H,9,15H2,1-4H3. The van der Waals surface area contributed by atoms with Crippen molar-refractivity contribution in [3.05, 3.63) is 35.5 Å². The lowest BCUT2D eigenvalue weighted by molar-refractivity contribution is 0.542. The van der Waals surface area contributed by atoms with Crippen molar-refractivity contribution < 1.29 is 0 Å². The summed E-state index contributed by atoms with van der Waals surface area (Å²) in [7, 11) is 2.10. The van der Waals surface area contributed by atoms with Gasteiger partial charge in [0, 0.05) is 36.1 Å². The zero-order chi connectivity index (χ0) is 11.9. The fraction of sp³-hybridized carbons (Fsp3) is 0.429. The molecule has 86 valence electrons. The van der Waals surface area contributed by atoms with Crippen molar-refractivity contribution in [2.45, 2.75) is 26.2 Å². The Morgan fingerprint density at radius 2 is 2.00 bits per heavy atom. The third kappa shape index (κ3) is 1.63. The molecule has 0 amide bonds. The Morgan fingerprint density at radius 1 is 1.31 bits per heavy atom. The topological polar surface area (TPSA) is 30.9 Å². The van der Waals surface area contributed by atoms with Gasteiger partial charge in [0.05, 0.1) is 0 Å². The van der Waals surface area contributed by atoms with Crippen molar-refractivity contribution in [3.63, 3.8) is 0 Å². The molecule has 0 aliphatic carbocycles. The molecule has 2 heteroatoms. The molecule has 16 heavy (non-hydrogen) atoms. The molecule has 2 aromatic rings. The average molecular weight is 216 g/mol. The van der Waals surface area contributed by atoms with Crippen LogP contribution in [0.4, 0.5) is 0 Å². The Morgan fingerprint density at radius 3 is 2.62 bits per heavy atom. The van der Waals surface area contributed by atoms with E-state index in [9.17, 15) is 0 Å². The fourth-order valence-electron chi connectivity index (χ4n) is 2.14. The van der Waals surface area contributed by atoms with E-state index in [1.54, 1.807) is 0 Å². The van der Waals surface area contributed by atoms with Gasteiger partial charge in [0.15, 0.2) is 0 Å². The summed E-state index contributed by atoms with van der Waals surface area (Å²) in [6.45, 7) is 7.18. The van der Waals surface area contributed by atoms with Crippen LogP contribution in [0.2, 0.25) is 0 Å². The number of fused-ring (bicyclic) bond motifs is 1. The van der Waals surface area contributed by atoms with Gasteiger partial charge in [0.2, 0.25) is 0 Å². The molecule has 0 aliphatic heterocycles. The number of hydrogen-bond acceptors (Lipinski definition) is 1. The van der Waals surface area contributed by atoms with E-state index in [2.05, 4.69) is 56.8 Å². The first-order chi connectivity index (χ1) is 7.45. The Hall–Kier alpha value is -1.28. The number of hydrogen-bond donors (Lipinski definition) is 1. The number of aromatic nitrogens is 1. The lowest BCUT2D eigenvalue weighted by Crippen LogP contribution is -2.27. The normalized spacial score (nSPS) is 12.3. The van der Waals surface area contributed by atoms with E-state index in [1.807, 2.05) is 0 Å². The molecule has 0 bridgehead atoms. The summed E-state index contributed by atoms with van der Waals surface area (Å²) in [5, 5.41) is 1.32. The van der Waals surface area contributed by atoms with Crippen LogP contribution in [0, 0.1) is 6.92 Å². The molecule has 2 rings (SSSR count). The van der Waals surface area contributed by atoms with E-state index in [1.165, 1.54) is 22.0 Å². The van der Waals surface area contributed by atoms with E-state index < -0.39 is 0 Å². The molecular weight excluding hydrogens is 196 g/mol. The summed E-state index contributed by atoms with van der Waals surface area (Å²) in [5.74, 6) is 0. The maximum atomic E-state index is 5.86. The maximum Gasteiger partial charge on any atom is 0.0483 e. The molecule has 0 atom stereocenters. The van der Waals surface area contributed by atoms with Crippen LogP contribution in [0.1, 0.15) is 25.0 Å². The lowest BCUT2D eigenvalue weighted by atomic mass is 9.84. The van der Waals surface area contributed by atoms with Gasteiger partial charge in [-0.1, -0.05) is 26.0 Å². The summed E-state index contributed by atoms with van der Waals surface area (Å²) in [4.78, 5) is 0. The Balaban J connectivity index is 2.73. The van der Waals surface area contributed by atoms with E-state index in [4.69, 9.17) is 5.73 Å². The quantitative estimate of drug-likeness (QED) is 0.822. The van der Waals surface area contributed by atoms with Crippen LogP contribution in [0.3, 0.4) is 0 Å². The van der Waals surface area contributed by atoms with Crippen molar-refractivity contribution in [1.29, 1.82) is 0 Å². The summed E-state index contributed by atoms with van der Waals surface area (Å²) in [6, 6.07) is 6.60. The van der Waals surface area contributed by atoms with Crippen LogP contribution in [0.25, 0.3) is 10.9 Å². The highest BCUT2D eigenvalue weighted by Gasteiger charge is 2.22. The maximum absolute atomic E-state index is 5.86. The van der Waals surface area contributed by atoms with E-state index in [0.717, 1.165) is 0 Å². The molecule has 2 N–H and O–H groups in total. The van der Waals surface area contributed by atoms with Gasteiger partial charge in [-0.05, 0) is 24.1 Å². The van der Waals surface area contributed by atoms with Crippen LogP contribution in [0.15, 0.2) is 24.4 Å². The van der Waals surface area contributed by atoms with Gasteiger partial charge in [0.25, 0.3) is 0 Å². The predicted octanol–water partition coefficient (Wildman–Crippen LogP) is 2.72. The van der Waals surface area contributed by atoms with Gasteiger partial charge in [-0.25, -0.2) is 0 Å². The van der Waals surface area contributed by atoms with Crippen LogP contribution in [-0.4, -0.2) is 11.1 Å². The molecule has 2 nitrogen and oxygen atoms in total. The number of nitrogens with two attached hydrogens (primary N) is 1. The monoisotopic (exact) mass is 216 g/mol. The molecule has 0 saturated heterocycles. The van der Waals surface area contributed by atoms with Crippen molar-refractivity contribution in [1.82, 2.24) is 4.57 Å². The van der Waals surface area contributed by atoms with Crippen molar-refractivity contribution >= 4 is 10.9 Å². The zero-order valence-electron chi connectivity index (χ0n) is 10.5. The molecule has 0 spiro atoms. The average Bonchev–Trinajstić information content (AvgIpc) is 2.57. The molecule has 0 unspecified atom stereocenters. The molecule has 0 saturated carbocycles. The molecule has 0 fully saturated rings. The van der Waals surface area contributed by atoms with Crippen molar-refractivity contribution in [2.75, 3.05) is 6.54 Å². The second kappa shape index (κ2) is 3.63. The fourth-order valence-corrected chi connectivity index (χ4v) is 2.14. The summed E-state index contributed by atoms with van der Waals surface area (Å²) >= 11 is 0. The van der Waals surface area contributed by atoms with Gasteiger partial charge in [-0.15, -0.1) is 0 Å². The van der Waals surface area contributed by atoms with Crippen molar-refractivity contribution in [3.8, 4) is 0 Å².